The normalized spacial score (nSPS) is 19.8. The molecule has 2 heterocycles. The fourth-order valence-corrected chi connectivity index (χ4v) is 2.14. The summed E-state index contributed by atoms with van der Waals surface area (Å²) >= 11 is 0. The Hall–Kier alpha value is -1.84. The number of furan rings is 1. The van der Waals surface area contributed by atoms with Gasteiger partial charge >= 0.3 is 0 Å². The van der Waals surface area contributed by atoms with E-state index in [-0.39, 0.29) is 11.7 Å². The van der Waals surface area contributed by atoms with Crippen molar-refractivity contribution in [3.8, 4) is 0 Å². The van der Waals surface area contributed by atoms with E-state index in [2.05, 4.69) is 5.16 Å². The number of hydrogen-bond donors (Lipinski definition) is 0. The molecule has 0 unspecified atom stereocenters. The second-order valence-electron chi connectivity index (χ2n) is 4.14. The first-order valence-electron chi connectivity index (χ1n) is 5.27. The van der Waals surface area contributed by atoms with Gasteiger partial charge in [-0.1, -0.05) is 5.16 Å². The number of carbonyl (C=O) groups excluding carboxylic acids is 1. The Balaban J connectivity index is 1.94. The number of hydrogen-bond acceptors (Lipinski definition) is 4. The summed E-state index contributed by atoms with van der Waals surface area (Å²) in [7, 11) is 0. The topological polar surface area (TPSA) is 56.2 Å². The molecule has 0 fully saturated rings. The van der Waals surface area contributed by atoms with Crippen LogP contribution in [0.3, 0.4) is 0 Å². The van der Waals surface area contributed by atoms with Gasteiger partial charge in [-0.3, -0.25) is 4.79 Å². The van der Waals surface area contributed by atoms with Crippen molar-refractivity contribution in [2.75, 3.05) is 0 Å². The summed E-state index contributed by atoms with van der Waals surface area (Å²) in [5.74, 6) is 2.57. The Labute approximate surface area is 92.2 Å². The molecule has 4 nitrogen and oxygen atoms in total. The average Bonchev–Trinajstić information content (AvgIpc) is 2.85. The van der Waals surface area contributed by atoms with Crippen LogP contribution in [0.25, 0.3) is 0 Å². The van der Waals surface area contributed by atoms with Gasteiger partial charge in [0.25, 0.3) is 0 Å². The zero-order chi connectivity index (χ0) is 11.1. The van der Waals surface area contributed by atoms with Crippen LogP contribution >= 0.6 is 0 Å². The Morgan fingerprint density at radius 1 is 1.38 bits per heavy atom. The van der Waals surface area contributed by atoms with Gasteiger partial charge in [0.15, 0.2) is 5.78 Å². The monoisotopic (exact) mass is 217 g/mol. The Kier molecular flexibility index (Phi) is 1.96. The quantitative estimate of drug-likeness (QED) is 0.736. The van der Waals surface area contributed by atoms with Crippen molar-refractivity contribution in [1.82, 2.24) is 5.16 Å². The Morgan fingerprint density at radius 3 is 3.00 bits per heavy atom. The van der Waals surface area contributed by atoms with Gasteiger partial charge in [-0.25, -0.2) is 0 Å². The van der Waals surface area contributed by atoms with Crippen molar-refractivity contribution in [2.45, 2.75) is 25.7 Å². The lowest BCUT2D eigenvalue weighted by atomic mass is 9.86. The van der Waals surface area contributed by atoms with E-state index in [0.29, 0.717) is 24.2 Å². The lowest BCUT2D eigenvalue weighted by Gasteiger charge is -2.17. The first kappa shape index (κ1) is 9.39. The number of carbonyl (C=O) groups is 1. The fourth-order valence-electron chi connectivity index (χ4n) is 2.14. The van der Waals surface area contributed by atoms with Gasteiger partial charge in [-0.05, 0) is 19.1 Å². The van der Waals surface area contributed by atoms with Crippen molar-refractivity contribution in [3.05, 3.63) is 41.2 Å². The number of nitrogens with zero attached hydrogens (tertiary/aromatic N) is 1. The molecule has 82 valence electrons. The summed E-state index contributed by atoms with van der Waals surface area (Å²) < 4.78 is 10.6. The molecule has 1 aliphatic carbocycles. The molecule has 0 amide bonds. The Bertz CT molecular complexity index is 538. The van der Waals surface area contributed by atoms with Gasteiger partial charge < -0.3 is 8.94 Å². The lowest BCUT2D eigenvalue weighted by Crippen LogP contribution is -2.16. The number of ketones is 1. The molecule has 1 aliphatic rings. The highest BCUT2D eigenvalue weighted by atomic mass is 16.5. The van der Waals surface area contributed by atoms with Crippen molar-refractivity contribution in [3.63, 3.8) is 0 Å². The first-order chi connectivity index (χ1) is 7.74. The van der Waals surface area contributed by atoms with Crippen LogP contribution in [0.15, 0.2) is 27.3 Å². The molecule has 2 aromatic rings. The zero-order valence-electron chi connectivity index (χ0n) is 8.90. The van der Waals surface area contributed by atoms with E-state index in [4.69, 9.17) is 8.94 Å². The molecular formula is C12H11NO3. The van der Waals surface area contributed by atoms with Crippen molar-refractivity contribution >= 4 is 5.78 Å². The van der Waals surface area contributed by atoms with Gasteiger partial charge in [0.2, 0.25) is 0 Å². The van der Waals surface area contributed by atoms with Crippen LogP contribution in [0.5, 0.6) is 0 Å². The third-order valence-electron chi connectivity index (χ3n) is 2.97. The number of aryl methyl sites for hydroxylation is 1. The fraction of sp³-hybridized carbons (Fsp3) is 0.333. The highest BCUT2D eigenvalue weighted by Crippen LogP contribution is 2.33. The van der Waals surface area contributed by atoms with E-state index >= 15 is 0 Å². The third kappa shape index (κ3) is 1.38. The van der Waals surface area contributed by atoms with E-state index in [9.17, 15) is 4.79 Å². The van der Waals surface area contributed by atoms with E-state index in [1.165, 1.54) is 6.20 Å². The van der Waals surface area contributed by atoms with Crippen LogP contribution in [0, 0.1) is 6.92 Å². The molecule has 0 bridgehead atoms. The van der Waals surface area contributed by atoms with E-state index in [0.717, 1.165) is 11.5 Å². The molecule has 0 saturated heterocycles. The number of rotatable bonds is 1. The second kappa shape index (κ2) is 3.33. The van der Waals surface area contributed by atoms with Gasteiger partial charge in [0.05, 0.1) is 11.8 Å². The maximum absolute atomic E-state index is 11.8. The predicted octanol–water partition coefficient (Wildman–Crippen LogP) is 2.49. The summed E-state index contributed by atoms with van der Waals surface area (Å²) in [5.41, 5.74) is 0.625. The molecule has 0 saturated carbocycles. The first-order valence-corrected chi connectivity index (χ1v) is 5.27. The molecule has 0 aliphatic heterocycles. The van der Waals surface area contributed by atoms with E-state index in [1.54, 1.807) is 0 Å². The minimum Gasteiger partial charge on any atom is -0.466 e. The standard InChI is InChI=1S/C12H11NO3/c1-7-2-3-11(15-7)8-4-10(14)9-6-13-16-12(9)5-8/h2-3,6,8H,4-5H2,1H3/t8-/m1/s1. The molecular weight excluding hydrogens is 206 g/mol. The number of fused-ring (bicyclic) bond motifs is 1. The highest BCUT2D eigenvalue weighted by Gasteiger charge is 2.30. The lowest BCUT2D eigenvalue weighted by molar-refractivity contribution is 0.0955. The average molecular weight is 217 g/mol. The molecule has 1 atom stereocenters. The summed E-state index contributed by atoms with van der Waals surface area (Å²) in [5, 5.41) is 3.66. The molecule has 0 N–H and O–H groups in total. The van der Waals surface area contributed by atoms with Crippen LogP contribution in [0.4, 0.5) is 0 Å². The SMILES string of the molecule is Cc1ccc([C@@H]2CC(=O)c3cnoc3C2)o1. The minimum absolute atomic E-state index is 0.0848. The maximum atomic E-state index is 11.8. The van der Waals surface area contributed by atoms with Crippen molar-refractivity contribution in [2.24, 2.45) is 0 Å². The molecule has 2 aromatic heterocycles. The Morgan fingerprint density at radius 2 is 2.25 bits per heavy atom. The summed E-state index contributed by atoms with van der Waals surface area (Å²) in [6, 6.07) is 3.84. The van der Waals surface area contributed by atoms with E-state index in [1.807, 2.05) is 19.1 Å². The summed E-state index contributed by atoms with van der Waals surface area (Å²) in [6.07, 6.45) is 2.66. The molecule has 4 heteroatoms. The molecule has 16 heavy (non-hydrogen) atoms. The molecule has 0 spiro atoms. The maximum Gasteiger partial charge on any atom is 0.168 e. The third-order valence-corrected chi connectivity index (χ3v) is 2.97. The van der Waals surface area contributed by atoms with E-state index < -0.39 is 0 Å². The number of aromatic nitrogens is 1. The zero-order valence-corrected chi connectivity index (χ0v) is 8.90. The molecule has 3 rings (SSSR count). The second-order valence-corrected chi connectivity index (χ2v) is 4.14. The summed E-state index contributed by atoms with van der Waals surface area (Å²) in [4.78, 5) is 11.8. The van der Waals surface area contributed by atoms with Crippen LogP contribution in [-0.2, 0) is 6.42 Å². The van der Waals surface area contributed by atoms with Gasteiger partial charge in [-0.15, -0.1) is 0 Å². The largest absolute Gasteiger partial charge is 0.466 e. The molecule has 0 aromatic carbocycles. The van der Waals surface area contributed by atoms with Gasteiger partial charge in [0, 0.05) is 18.8 Å². The van der Waals surface area contributed by atoms with Crippen molar-refractivity contribution in [1.29, 1.82) is 0 Å². The van der Waals surface area contributed by atoms with Crippen molar-refractivity contribution < 1.29 is 13.7 Å². The molecule has 0 radical (unpaired) electrons. The highest BCUT2D eigenvalue weighted by molar-refractivity contribution is 5.98. The van der Waals surface area contributed by atoms with Gasteiger partial charge in [-0.2, -0.15) is 0 Å². The minimum atomic E-state index is 0.0848. The smallest absolute Gasteiger partial charge is 0.168 e. The van der Waals surface area contributed by atoms with Gasteiger partial charge in [0.1, 0.15) is 17.3 Å². The predicted molar refractivity (Wildman–Crippen MR) is 55.3 cm³/mol. The van der Waals surface area contributed by atoms with Crippen LogP contribution < -0.4 is 0 Å². The number of Topliss-reactive ketones (excluding diaryl/α,β-unsaturated/α-hetero) is 1. The van der Waals surface area contributed by atoms with Crippen LogP contribution in [0.1, 0.15) is 40.0 Å². The van der Waals surface area contributed by atoms with Crippen LogP contribution in [-0.4, -0.2) is 10.9 Å². The van der Waals surface area contributed by atoms with Crippen LogP contribution in [0.2, 0.25) is 0 Å². The summed E-state index contributed by atoms with van der Waals surface area (Å²) in [6.45, 7) is 1.90.